The normalized spacial score (nSPS) is 13.8. The molecule has 1 aliphatic rings. The molecule has 2 rings (SSSR count). The third kappa shape index (κ3) is 1.89. The number of aliphatic imine (C=N–C) groups is 1. The molecule has 8 nitrogen and oxygen atoms in total. The molecular weight excluding hydrogens is 236 g/mol. The molecule has 8 heteroatoms. The number of nitrogens with zero attached hydrogens (tertiary/aromatic N) is 5. The third-order valence-corrected chi connectivity index (χ3v) is 1.91. The SMILES string of the molecule is N#CC=c1nc([O-])c2c(n1)C(=O)N=C(C=C=N)N=2. The fourth-order valence-electron chi connectivity index (χ4n) is 1.25. The topological polar surface area (TPSA) is 138 Å². The van der Waals surface area contributed by atoms with E-state index in [1.807, 2.05) is 5.87 Å². The first-order valence-electron chi connectivity index (χ1n) is 4.58. The number of hydrogen-bond donors (Lipinski definition) is 1. The lowest BCUT2D eigenvalue weighted by Gasteiger charge is -2.09. The molecule has 0 fully saturated rings. The van der Waals surface area contributed by atoms with Crippen LogP contribution in [0.25, 0.3) is 6.08 Å². The highest BCUT2D eigenvalue weighted by atomic mass is 16.3. The Morgan fingerprint density at radius 3 is 2.78 bits per heavy atom. The lowest BCUT2D eigenvalue weighted by molar-refractivity contribution is -0.277. The minimum Gasteiger partial charge on any atom is -0.857 e. The number of rotatable bonds is 1. The van der Waals surface area contributed by atoms with Crippen LogP contribution in [0.4, 0.5) is 0 Å². The molecule has 1 aromatic heterocycles. The predicted octanol–water partition coefficient (Wildman–Crippen LogP) is -2.17. The van der Waals surface area contributed by atoms with E-state index < -0.39 is 11.8 Å². The van der Waals surface area contributed by atoms with Gasteiger partial charge in [-0.3, -0.25) is 10.2 Å². The number of aromatic nitrogens is 2. The molecule has 86 valence electrons. The molecular formula is C10H3N6O2-. The molecule has 0 aromatic carbocycles. The molecule has 0 saturated heterocycles. The van der Waals surface area contributed by atoms with Crippen LogP contribution in [-0.2, 0) is 0 Å². The van der Waals surface area contributed by atoms with Crippen LogP contribution in [0, 0.1) is 16.7 Å². The zero-order chi connectivity index (χ0) is 13.1. The van der Waals surface area contributed by atoms with Crippen LogP contribution in [-0.4, -0.2) is 27.6 Å². The van der Waals surface area contributed by atoms with Gasteiger partial charge in [0.2, 0.25) is 0 Å². The highest BCUT2D eigenvalue weighted by molar-refractivity contribution is 6.10. The highest BCUT2D eigenvalue weighted by Gasteiger charge is 2.16. The van der Waals surface area contributed by atoms with E-state index in [-0.39, 0.29) is 22.4 Å². The van der Waals surface area contributed by atoms with Crippen LogP contribution < -0.4 is 15.9 Å². The molecule has 1 aromatic rings. The molecule has 1 aliphatic heterocycles. The molecule has 2 heterocycles. The van der Waals surface area contributed by atoms with E-state index in [4.69, 9.17) is 10.7 Å². The molecule has 1 amide bonds. The Bertz CT molecular complexity index is 780. The van der Waals surface area contributed by atoms with E-state index in [2.05, 4.69) is 20.0 Å². The van der Waals surface area contributed by atoms with Gasteiger partial charge in [-0.25, -0.2) is 15.0 Å². The van der Waals surface area contributed by atoms with Gasteiger partial charge >= 0.3 is 0 Å². The van der Waals surface area contributed by atoms with Gasteiger partial charge in [0, 0.05) is 12.0 Å². The average molecular weight is 239 g/mol. The maximum absolute atomic E-state index is 11.6. The summed E-state index contributed by atoms with van der Waals surface area (Å²) in [6.45, 7) is 0. The maximum Gasteiger partial charge on any atom is 0.299 e. The second kappa shape index (κ2) is 4.37. The quantitative estimate of drug-likeness (QED) is 0.555. The average Bonchev–Trinajstić information content (AvgIpc) is 2.32. The zero-order valence-electron chi connectivity index (χ0n) is 8.71. The van der Waals surface area contributed by atoms with Crippen molar-refractivity contribution in [1.82, 2.24) is 9.97 Å². The van der Waals surface area contributed by atoms with Crippen molar-refractivity contribution >= 4 is 23.7 Å². The lowest BCUT2D eigenvalue weighted by Crippen LogP contribution is -2.33. The van der Waals surface area contributed by atoms with Crippen LogP contribution >= 0.6 is 0 Å². The summed E-state index contributed by atoms with van der Waals surface area (Å²) >= 11 is 0. The molecule has 0 unspecified atom stereocenters. The Labute approximate surface area is 99.5 Å². The van der Waals surface area contributed by atoms with Gasteiger partial charge in [-0.2, -0.15) is 10.3 Å². The number of amides is 1. The highest BCUT2D eigenvalue weighted by Crippen LogP contribution is 1.99. The Hall–Kier alpha value is -3.17. The van der Waals surface area contributed by atoms with Gasteiger partial charge in [-0.05, 0) is 5.87 Å². The molecule has 18 heavy (non-hydrogen) atoms. The number of nitriles is 1. The molecule has 0 aliphatic carbocycles. The van der Waals surface area contributed by atoms with Crippen molar-refractivity contribution < 1.29 is 9.90 Å². The lowest BCUT2D eigenvalue weighted by atomic mass is 10.3. The summed E-state index contributed by atoms with van der Waals surface area (Å²) in [4.78, 5) is 26.0. The van der Waals surface area contributed by atoms with Crippen LogP contribution in [0.5, 0.6) is 5.88 Å². The largest absolute Gasteiger partial charge is 0.857 e. The van der Waals surface area contributed by atoms with Gasteiger partial charge in [-0.15, -0.1) is 0 Å². The van der Waals surface area contributed by atoms with Crippen LogP contribution in [0.3, 0.4) is 0 Å². The standard InChI is InChI=1S/C10H4N6O2/c11-3-1-5-13-7-8(9(17)15-5)14-6(2-4-12)16-10(7)18/h1-2,11H,(H,16,18)/p-1. The summed E-state index contributed by atoms with van der Waals surface area (Å²) in [6, 6.07) is 1.65. The van der Waals surface area contributed by atoms with Crippen LogP contribution in [0.2, 0.25) is 0 Å². The van der Waals surface area contributed by atoms with Crippen LogP contribution in [0.1, 0.15) is 10.5 Å². The van der Waals surface area contributed by atoms with Crippen molar-refractivity contribution in [2.24, 2.45) is 9.98 Å². The Kier molecular flexibility index (Phi) is 2.75. The fraction of sp³-hybridized carbons (Fsp3) is 0. The summed E-state index contributed by atoms with van der Waals surface area (Å²) in [5.74, 6) is 0.238. The van der Waals surface area contributed by atoms with Gasteiger partial charge in [0.25, 0.3) is 5.91 Å². The fourth-order valence-corrected chi connectivity index (χ4v) is 1.25. The van der Waals surface area contributed by atoms with Gasteiger partial charge < -0.3 is 5.11 Å². The minimum atomic E-state index is -0.777. The van der Waals surface area contributed by atoms with E-state index in [9.17, 15) is 9.90 Å². The molecule has 0 saturated carbocycles. The first-order valence-corrected chi connectivity index (χ1v) is 4.58. The van der Waals surface area contributed by atoms with Crippen molar-refractivity contribution in [3.63, 3.8) is 0 Å². The zero-order valence-corrected chi connectivity index (χ0v) is 8.71. The second-order valence-corrected chi connectivity index (χ2v) is 3.03. The summed E-state index contributed by atoms with van der Waals surface area (Å²) in [5.41, 5.74) is -0.412. The van der Waals surface area contributed by atoms with Crippen molar-refractivity contribution in [3.8, 4) is 11.9 Å². The number of fused-ring (bicyclic) bond motifs is 1. The summed E-state index contributed by atoms with van der Waals surface area (Å²) in [6.07, 6.45) is 1.97. The number of amidine groups is 1. The van der Waals surface area contributed by atoms with E-state index in [0.29, 0.717) is 0 Å². The monoisotopic (exact) mass is 239 g/mol. The van der Waals surface area contributed by atoms with Crippen molar-refractivity contribution in [3.05, 3.63) is 22.6 Å². The van der Waals surface area contributed by atoms with Gasteiger partial charge in [-0.1, -0.05) is 0 Å². The molecule has 1 N–H and O–H groups in total. The number of carbonyl (C=O) groups excluding carboxylic acids is 1. The van der Waals surface area contributed by atoms with Crippen molar-refractivity contribution in [1.29, 1.82) is 10.7 Å². The van der Waals surface area contributed by atoms with Gasteiger partial charge in [0.05, 0.1) is 12.1 Å². The molecule has 0 spiro atoms. The van der Waals surface area contributed by atoms with E-state index >= 15 is 0 Å². The summed E-state index contributed by atoms with van der Waals surface area (Å²) < 4.78 is 0. The summed E-state index contributed by atoms with van der Waals surface area (Å²) in [7, 11) is 0. The molecule has 0 bridgehead atoms. The van der Waals surface area contributed by atoms with E-state index in [1.165, 1.54) is 0 Å². The third-order valence-electron chi connectivity index (χ3n) is 1.91. The Morgan fingerprint density at radius 2 is 2.11 bits per heavy atom. The Morgan fingerprint density at radius 1 is 1.33 bits per heavy atom. The predicted molar refractivity (Wildman–Crippen MR) is 56.4 cm³/mol. The number of carbonyl (C=O) groups is 1. The second-order valence-electron chi connectivity index (χ2n) is 3.03. The van der Waals surface area contributed by atoms with E-state index in [0.717, 1.165) is 12.2 Å². The number of nitrogens with one attached hydrogen (secondary N) is 1. The first kappa shape index (κ1) is 11.3. The summed E-state index contributed by atoms with van der Waals surface area (Å²) in [5, 5.41) is 26.5. The van der Waals surface area contributed by atoms with Gasteiger partial charge in [0.15, 0.2) is 17.0 Å². The maximum atomic E-state index is 11.6. The van der Waals surface area contributed by atoms with Crippen molar-refractivity contribution in [2.75, 3.05) is 0 Å². The van der Waals surface area contributed by atoms with E-state index in [1.54, 1.807) is 6.07 Å². The van der Waals surface area contributed by atoms with Crippen LogP contribution in [0.15, 0.2) is 16.1 Å². The first-order chi connectivity index (χ1) is 8.65. The number of hydrogen-bond acceptors (Lipinski definition) is 7. The minimum absolute atomic E-state index is 0.111. The van der Waals surface area contributed by atoms with Gasteiger partial charge in [0.1, 0.15) is 5.36 Å². The Balaban J connectivity index is 2.79. The molecule has 0 atom stereocenters. The van der Waals surface area contributed by atoms with Crippen molar-refractivity contribution in [2.45, 2.75) is 0 Å². The molecule has 0 radical (unpaired) electrons. The smallest absolute Gasteiger partial charge is 0.299 e.